The van der Waals surface area contributed by atoms with Crippen LogP contribution in [0.3, 0.4) is 0 Å². The number of carbonyl (C=O) groups excluding carboxylic acids is 2. The number of methoxy groups -OCH3 is 1. The summed E-state index contributed by atoms with van der Waals surface area (Å²) in [6.45, 7) is 8.17. The van der Waals surface area contributed by atoms with E-state index in [9.17, 15) is 9.59 Å². The van der Waals surface area contributed by atoms with Crippen LogP contribution in [-0.2, 0) is 23.1 Å². The molecule has 2 aromatic carbocycles. The van der Waals surface area contributed by atoms with Gasteiger partial charge in [0.25, 0.3) is 0 Å². The highest BCUT2D eigenvalue weighted by molar-refractivity contribution is 6.03. The Hall–Kier alpha value is -4.33. The standard InChI is InChI=1S/C36H41N3O5/c1-7-43-35(41)29-21-38(5)37-32(29)25-17-24-18-26(42-6)14-16-27(24)33-31(22-11-9-8-10-12-22)28-15-13-23(19-30(28)39(33)20-25)34(40)44-36(2,3)4/h13-19,21-22H,7-12,20H2,1-6H3. The van der Waals surface area contributed by atoms with Gasteiger partial charge >= 0.3 is 11.9 Å². The summed E-state index contributed by atoms with van der Waals surface area (Å²) in [7, 11) is 3.48. The van der Waals surface area contributed by atoms with Gasteiger partial charge in [0.05, 0.1) is 31.5 Å². The Morgan fingerprint density at radius 1 is 1.02 bits per heavy atom. The number of rotatable bonds is 6. The summed E-state index contributed by atoms with van der Waals surface area (Å²) in [5.41, 5.74) is 7.29. The molecule has 1 aliphatic heterocycles. The van der Waals surface area contributed by atoms with Crippen LogP contribution in [0.25, 0.3) is 33.8 Å². The van der Waals surface area contributed by atoms with Crippen LogP contribution in [0.1, 0.15) is 103 Å². The van der Waals surface area contributed by atoms with Gasteiger partial charge in [-0.15, -0.1) is 0 Å². The SMILES string of the molecule is CCOC(=O)c1cn(C)nc1C1=Cc2cc(OC)ccc2-c2c(C3CCCCC3)c3ccc(C(=O)OC(C)(C)C)cc3n2C1. The summed E-state index contributed by atoms with van der Waals surface area (Å²) in [6.07, 6.45) is 9.73. The fourth-order valence-electron chi connectivity index (χ4n) is 6.73. The number of nitrogens with zero attached hydrogens (tertiary/aromatic N) is 3. The molecule has 230 valence electrons. The Morgan fingerprint density at radius 3 is 2.50 bits per heavy atom. The zero-order valence-electron chi connectivity index (χ0n) is 26.5. The van der Waals surface area contributed by atoms with Crippen molar-refractivity contribution in [2.45, 2.75) is 77.9 Å². The quantitative estimate of drug-likeness (QED) is 0.212. The number of aromatic nitrogens is 3. The topological polar surface area (TPSA) is 84.6 Å². The first-order valence-corrected chi connectivity index (χ1v) is 15.6. The molecule has 8 heteroatoms. The third-order valence-corrected chi connectivity index (χ3v) is 8.55. The first-order chi connectivity index (χ1) is 21.1. The van der Waals surface area contributed by atoms with Crippen LogP contribution in [-0.4, -0.2) is 45.6 Å². The summed E-state index contributed by atoms with van der Waals surface area (Å²) in [4.78, 5) is 26.3. The molecule has 4 aromatic rings. The minimum atomic E-state index is -0.605. The monoisotopic (exact) mass is 595 g/mol. The van der Waals surface area contributed by atoms with E-state index in [1.165, 1.54) is 24.8 Å². The van der Waals surface area contributed by atoms with Crippen molar-refractivity contribution in [2.75, 3.05) is 13.7 Å². The number of ether oxygens (including phenoxy) is 3. The van der Waals surface area contributed by atoms with Gasteiger partial charge < -0.3 is 18.8 Å². The number of hydrogen-bond acceptors (Lipinski definition) is 6. The fourth-order valence-corrected chi connectivity index (χ4v) is 6.73. The van der Waals surface area contributed by atoms with Crippen LogP contribution in [0.4, 0.5) is 0 Å². The number of hydrogen-bond donors (Lipinski definition) is 0. The second-order valence-corrected chi connectivity index (χ2v) is 12.8. The Kier molecular flexibility index (Phi) is 7.86. The average Bonchev–Trinajstić information content (AvgIpc) is 3.48. The lowest BCUT2D eigenvalue weighted by molar-refractivity contribution is 0.00694. The van der Waals surface area contributed by atoms with E-state index in [2.05, 4.69) is 22.8 Å². The molecule has 0 amide bonds. The molecular weight excluding hydrogens is 554 g/mol. The molecule has 0 N–H and O–H groups in total. The molecule has 44 heavy (non-hydrogen) atoms. The van der Waals surface area contributed by atoms with E-state index in [1.807, 2.05) is 52.1 Å². The molecule has 0 radical (unpaired) electrons. The molecule has 0 saturated heterocycles. The maximum Gasteiger partial charge on any atom is 0.341 e. The van der Waals surface area contributed by atoms with Gasteiger partial charge in [-0.25, -0.2) is 9.59 Å². The number of benzene rings is 2. The highest BCUT2D eigenvalue weighted by Crippen LogP contribution is 2.48. The van der Waals surface area contributed by atoms with Crippen molar-refractivity contribution < 1.29 is 23.8 Å². The van der Waals surface area contributed by atoms with Crippen LogP contribution in [0.5, 0.6) is 5.75 Å². The summed E-state index contributed by atoms with van der Waals surface area (Å²) in [6, 6.07) is 12.1. The largest absolute Gasteiger partial charge is 0.497 e. The van der Waals surface area contributed by atoms with E-state index in [1.54, 1.807) is 24.9 Å². The molecule has 3 heterocycles. The zero-order valence-corrected chi connectivity index (χ0v) is 26.5. The van der Waals surface area contributed by atoms with E-state index in [0.29, 0.717) is 29.3 Å². The summed E-state index contributed by atoms with van der Waals surface area (Å²) in [5, 5.41) is 5.91. The Bertz CT molecular complexity index is 1780. The number of esters is 2. The van der Waals surface area contributed by atoms with Crippen molar-refractivity contribution >= 4 is 34.5 Å². The highest BCUT2D eigenvalue weighted by Gasteiger charge is 2.31. The Balaban J connectivity index is 1.63. The minimum absolute atomic E-state index is 0.275. The molecule has 0 spiro atoms. The van der Waals surface area contributed by atoms with Crippen LogP contribution in [0.15, 0.2) is 42.6 Å². The minimum Gasteiger partial charge on any atom is -0.497 e. The van der Waals surface area contributed by atoms with Gasteiger partial charge in [0.15, 0.2) is 0 Å². The Morgan fingerprint density at radius 2 is 1.80 bits per heavy atom. The number of aryl methyl sites for hydroxylation is 1. The van der Waals surface area contributed by atoms with Gasteiger partial charge in [-0.3, -0.25) is 4.68 Å². The van der Waals surface area contributed by atoms with Crippen molar-refractivity contribution in [3.8, 4) is 17.0 Å². The normalized spacial score (nSPS) is 15.3. The predicted octanol–water partition coefficient (Wildman–Crippen LogP) is 7.78. The van der Waals surface area contributed by atoms with E-state index in [0.717, 1.165) is 51.9 Å². The van der Waals surface area contributed by atoms with Crippen LogP contribution in [0, 0.1) is 0 Å². The van der Waals surface area contributed by atoms with Crippen molar-refractivity contribution in [2.24, 2.45) is 7.05 Å². The molecule has 0 unspecified atom stereocenters. The number of allylic oxidation sites excluding steroid dienone is 1. The van der Waals surface area contributed by atoms with Gasteiger partial charge in [-0.2, -0.15) is 5.10 Å². The van der Waals surface area contributed by atoms with Crippen LogP contribution in [0.2, 0.25) is 0 Å². The summed E-state index contributed by atoms with van der Waals surface area (Å²) < 4.78 is 20.8. The molecule has 6 rings (SSSR count). The average molecular weight is 596 g/mol. The zero-order chi connectivity index (χ0) is 31.2. The van der Waals surface area contributed by atoms with E-state index in [-0.39, 0.29) is 12.6 Å². The lowest BCUT2D eigenvalue weighted by atomic mass is 9.81. The van der Waals surface area contributed by atoms with Crippen molar-refractivity contribution in [1.82, 2.24) is 14.3 Å². The Labute approximate surface area is 258 Å². The van der Waals surface area contributed by atoms with Gasteiger partial charge in [0, 0.05) is 35.3 Å². The molecule has 8 nitrogen and oxygen atoms in total. The molecule has 2 aromatic heterocycles. The first kappa shape index (κ1) is 29.7. The van der Waals surface area contributed by atoms with E-state index in [4.69, 9.17) is 19.3 Å². The lowest BCUT2D eigenvalue weighted by Gasteiger charge is -2.24. The maximum atomic E-state index is 13.3. The van der Waals surface area contributed by atoms with Gasteiger partial charge in [-0.05, 0) is 94.0 Å². The van der Waals surface area contributed by atoms with Crippen molar-refractivity contribution in [3.63, 3.8) is 0 Å². The molecule has 1 saturated carbocycles. The third-order valence-electron chi connectivity index (χ3n) is 8.55. The van der Waals surface area contributed by atoms with Crippen LogP contribution >= 0.6 is 0 Å². The fraction of sp³-hybridized carbons (Fsp3) is 0.417. The molecule has 0 atom stereocenters. The molecule has 0 bridgehead atoms. The van der Waals surface area contributed by atoms with Crippen molar-refractivity contribution in [3.05, 3.63) is 70.5 Å². The lowest BCUT2D eigenvalue weighted by Crippen LogP contribution is -2.23. The summed E-state index contributed by atoms with van der Waals surface area (Å²) >= 11 is 0. The summed E-state index contributed by atoms with van der Waals surface area (Å²) in [5.74, 6) is 0.399. The number of carbonyl (C=O) groups is 2. The van der Waals surface area contributed by atoms with Gasteiger partial charge in [0.2, 0.25) is 0 Å². The third kappa shape index (κ3) is 5.53. The second-order valence-electron chi connectivity index (χ2n) is 12.8. The highest BCUT2D eigenvalue weighted by atomic mass is 16.6. The molecule has 1 aliphatic carbocycles. The molecule has 1 fully saturated rings. The maximum absolute atomic E-state index is 13.3. The van der Waals surface area contributed by atoms with Gasteiger partial charge in [0.1, 0.15) is 22.6 Å². The first-order valence-electron chi connectivity index (χ1n) is 15.6. The second kappa shape index (κ2) is 11.6. The molecule has 2 aliphatic rings. The van der Waals surface area contributed by atoms with E-state index >= 15 is 0 Å². The van der Waals surface area contributed by atoms with Crippen molar-refractivity contribution in [1.29, 1.82) is 0 Å². The number of fused-ring (bicyclic) bond motifs is 5. The van der Waals surface area contributed by atoms with Gasteiger partial charge in [-0.1, -0.05) is 25.3 Å². The predicted molar refractivity (Wildman–Crippen MR) is 172 cm³/mol. The van der Waals surface area contributed by atoms with Crippen LogP contribution < -0.4 is 4.74 Å². The smallest absolute Gasteiger partial charge is 0.341 e. The molecular formula is C36H41N3O5. The van der Waals surface area contributed by atoms with E-state index < -0.39 is 11.6 Å².